The van der Waals surface area contributed by atoms with Gasteiger partial charge in [-0.05, 0) is 11.5 Å². The van der Waals surface area contributed by atoms with Crippen LogP contribution in [0.1, 0.15) is 7.43 Å². The fourth-order valence-electron chi connectivity index (χ4n) is 1.81. The maximum absolute atomic E-state index is 4.61. The Hall–Kier alpha value is -0.992. The first kappa shape index (κ1) is 20.3. The molecule has 0 radical (unpaired) electrons. The summed E-state index contributed by atoms with van der Waals surface area (Å²) in [5.74, 6) is 0. The van der Waals surface area contributed by atoms with Crippen LogP contribution >= 0.6 is 9.42 Å². The molecule has 0 bridgehead atoms. The van der Waals surface area contributed by atoms with Gasteiger partial charge < -0.3 is 12.3 Å². The van der Waals surface area contributed by atoms with Crippen LogP contribution in [-0.2, 0) is 18.8 Å². The topological polar surface area (TPSA) is 79.9 Å². The molecule has 3 rings (SSSR count). The van der Waals surface area contributed by atoms with Crippen LogP contribution in [-0.4, -0.2) is 4.98 Å². The molecule has 2 aromatic carbocycles. The van der Waals surface area contributed by atoms with Gasteiger partial charge in [0.15, 0.2) is 0 Å². The molecule has 0 fully saturated rings. The number of benzene rings is 2. The molecule has 0 saturated carbocycles. The van der Waals surface area contributed by atoms with Crippen molar-refractivity contribution in [2.75, 3.05) is 0 Å². The van der Waals surface area contributed by atoms with E-state index in [1.165, 1.54) is 16.2 Å². The van der Waals surface area contributed by atoms with E-state index >= 15 is 0 Å². The van der Waals surface area contributed by atoms with Crippen LogP contribution in [0.5, 0.6) is 0 Å². The summed E-state index contributed by atoms with van der Waals surface area (Å²) in [6.07, 6.45) is 1.93. The number of fused-ring (bicyclic) bond motifs is 3. The second-order valence-electron chi connectivity index (χ2n) is 3.36. The van der Waals surface area contributed by atoms with Gasteiger partial charge in [0.2, 0.25) is 0 Å². The van der Waals surface area contributed by atoms with E-state index in [0.717, 1.165) is 5.52 Å². The van der Waals surface area contributed by atoms with Gasteiger partial charge in [-0.25, -0.2) is 0 Å². The van der Waals surface area contributed by atoms with E-state index in [0.29, 0.717) is 0 Å². The third kappa shape index (κ3) is 4.25. The normalized spacial score (nSPS) is 8.37. The predicted octanol–water partition coefficient (Wildman–Crippen LogP) is 6.15. The van der Waals surface area contributed by atoms with Crippen molar-refractivity contribution in [3.8, 4) is 0 Å². The molecule has 3 nitrogen and oxygen atoms in total. The number of hydrogen-bond donors (Lipinski definition) is 0. The van der Waals surface area contributed by atoms with E-state index in [-0.39, 0.29) is 19.7 Å². The number of para-hydroxylation sites is 1. The first-order valence-corrected chi connectivity index (χ1v) is 7.61. The summed E-state index contributed by atoms with van der Waals surface area (Å²) in [5.41, 5.74) is 1.06. The summed E-state index contributed by atoms with van der Waals surface area (Å²) in [6.45, 7) is 0. The molecule has 0 aliphatic carbocycles. The summed E-state index contributed by atoms with van der Waals surface area (Å²) >= 11 is 1.61. The smallest absolute Gasteiger partial charge is 0.0708 e. The van der Waals surface area contributed by atoms with Crippen molar-refractivity contribution in [3.63, 3.8) is 0 Å². The standard InChI is InChI=1S/C13H9N.CH4.ClH.2H2N.Pt/c1-2-6-11-10(5-1)9-14-13-8-4-3-7-12(11)13;;;;;/h1-9H;1H4;1H;2*1H2;/q;;;2*-1;+1/p-1. The molecule has 3 aromatic rings. The predicted molar refractivity (Wildman–Crippen MR) is 82.4 cm³/mol. The summed E-state index contributed by atoms with van der Waals surface area (Å²) in [6, 6.07) is 16.6. The minimum atomic E-state index is 0. The van der Waals surface area contributed by atoms with Crippen LogP contribution in [0, 0.1) is 0 Å². The van der Waals surface area contributed by atoms with Crippen molar-refractivity contribution in [3.05, 3.63) is 67.0 Å². The van der Waals surface area contributed by atoms with Gasteiger partial charge in [-0.2, -0.15) is 0 Å². The Labute approximate surface area is 129 Å². The average molecular weight is 458 g/mol. The van der Waals surface area contributed by atoms with Crippen molar-refractivity contribution in [2.45, 2.75) is 7.43 Å². The SMILES string of the molecule is C.[Cl][Pt].[NH2-].[NH2-].c1ccc2c(c1)cnc1ccccc12. The second kappa shape index (κ2) is 9.88. The molecule has 0 unspecified atom stereocenters. The summed E-state index contributed by atoms with van der Waals surface area (Å²) in [5, 5.41) is 3.70. The van der Waals surface area contributed by atoms with Gasteiger partial charge in [-0.15, -0.1) is 0 Å². The largest absolute Gasteiger partial charge is 0.693 e. The van der Waals surface area contributed by atoms with Crippen molar-refractivity contribution in [1.29, 1.82) is 0 Å². The molecule has 1 heterocycles. The van der Waals surface area contributed by atoms with Gasteiger partial charge >= 0.3 is 28.2 Å². The molecule has 0 aliphatic heterocycles. The van der Waals surface area contributed by atoms with E-state index in [4.69, 9.17) is 0 Å². The summed E-state index contributed by atoms with van der Waals surface area (Å²) < 4.78 is 0. The second-order valence-corrected chi connectivity index (χ2v) is 3.36. The van der Waals surface area contributed by atoms with Gasteiger partial charge in [-0.1, -0.05) is 49.9 Å². The Morgan fingerprint density at radius 3 is 2.00 bits per heavy atom. The van der Waals surface area contributed by atoms with Gasteiger partial charge in [0.25, 0.3) is 0 Å². The Balaban J connectivity index is 0. The van der Waals surface area contributed by atoms with Crippen molar-refractivity contribution >= 4 is 31.1 Å². The third-order valence-electron chi connectivity index (χ3n) is 2.50. The molecule has 5 heteroatoms. The minimum absolute atomic E-state index is 0. The van der Waals surface area contributed by atoms with Crippen LogP contribution in [0.2, 0.25) is 0 Å². The Bertz CT molecular complexity index is 562. The van der Waals surface area contributed by atoms with Crippen LogP contribution in [0.4, 0.5) is 0 Å². The fourth-order valence-corrected chi connectivity index (χ4v) is 1.81. The van der Waals surface area contributed by atoms with E-state index in [2.05, 4.69) is 44.7 Å². The number of halogens is 1. The average Bonchev–Trinajstić information content (AvgIpc) is 2.41. The number of hydrogen-bond acceptors (Lipinski definition) is 1. The summed E-state index contributed by atoms with van der Waals surface area (Å²) in [4.78, 5) is 4.41. The van der Waals surface area contributed by atoms with Crippen molar-refractivity contribution in [2.24, 2.45) is 0 Å². The minimum Gasteiger partial charge on any atom is -0.693 e. The molecule has 0 saturated heterocycles. The summed E-state index contributed by atoms with van der Waals surface area (Å²) in [7, 11) is 4.61. The Morgan fingerprint density at radius 1 is 0.789 bits per heavy atom. The molecule has 19 heavy (non-hydrogen) atoms. The maximum atomic E-state index is 4.61. The van der Waals surface area contributed by atoms with Crippen LogP contribution in [0.15, 0.2) is 54.7 Å². The van der Waals surface area contributed by atoms with E-state index in [1.807, 2.05) is 24.4 Å². The molecule has 0 atom stereocenters. The zero-order valence-electron chi connectivity index (χ0n) is 9.49. The number of rotatable bonds is 0. The van der Waals surface area contributed by atoms with Gasteiger partial charge in [0, 0.05) is 17.0 Å². The molecule has 0 aliphatic rings. The van der Waals surface area contributed by atoms with Gasteiger partial charge in [0.1, 0.15) is 0 Å². The zero-order chi connectivity index (χ0) is 11.4. The first-order valence-electron chi connectivity index (χ1n) is 4.79. The van der Waals surface area contributed by atoms with Gasteiger partial charge in [-0.3, -0.25) is 4.98 Å². The van der Waals surface area contributed by atoms with E-state index in [9.17, 15) is 0 Å². The molecular weight excluding hydrogens is 441 g/mol. The van der Waals surface area contributed by atoms with Gasteiger partial charge in [0.05, 0.1) is 5.52 Å². The Kier molecular flexibility index (Phi) is 10.6. The number of nitrogens with zero attached hydrogens (tertiary/aromatic N) is 1. The number of nitrogens with two attached hydrogens (primary N) is 2. The molecule has 4 N–H and O–H groups in total. The monoisotopic (exact) mass is 457 g/mol. The van der Waals surface area contributed by atoms with E-state index in [1.54, 1.807) is 18.8 Å². The zero-order valence-corrected chi connectivity index (χ0v) is 12.5. The van der Waals surface area contributed by atoms with Crippen LogP contribution < -0.4 is 0 Å². The first-order chi connectivity index (χ1) is 7.95. The molecule has 107 valence electrons. The molecular formula is C14H17ClN3Pt-2. The molecule has 0 spiro atoms. The number of pyridine rings is 1. The maximum Gasteiger partial charge on any atom is 0.0708 e. The van der Waals surface area contributed by atoms with Crippen LogP contribution in [0.25, 0.3) is 34.0 Å². The molecule has 1 aromatic heterocycles. The number of aromatic nitrogens is 1. The molecule has 0 amide bonds. The third-order valence-corrected chi connectivity index (χ3v) is 2.50. The van der Waals surface area contributed by atoms with Crippen molar-refractivity contribution < 1.29 is 18.8 Å². The van der Waals surface area contributed by atoms with E-state index < -0.39 is 0 Å². The van der Waals surface area contributed by atoms with Crippen LogP contribution in [0.3, 0.4) is 0 Å². The Morgan fingerprint density at radius 2 is 1.32 bits per heavy atom. The fraction of sp³-hybridized carbons (Fsp3) is 0.0714. The quantitative estimate of drug-likeness (QED) is 0.373. The van der Waals surface area contributed by atoms with Crippen molar-refractivity contribution in [1.82, 2.24) is 4.98 Å².